The molecule has 1 heterocycles. The molecule has 0 aromatic carbocycles. The molecule has 1 rings (SSSR count). The first kappa shape index (κ1) is 15.5. The van der Waals surface area contributed by atoms with Crippen LogP contribution in [0.4, 0.5) is 0 Å². The average Bonchev–Trinajstić information content (AvgIpc) is 2.43. The third kappa shape index (κ3) is 6.39. The molecule has 0 radical (unpaired) electrons. The van der Waals surface area contributed by atoms with Crippen molar-refractivity contribution < 1.29 is 4.79 Å². The second-order valence-electron chi connectivity index (χ2n) is 5.60. The Morgan fingerprint density at radius 2 is 1.83 bits per heavy atom. The largest absolute Gasteiger partial charge is 0.340 e. The Labute approximate surface area is 112 Å². The van der Waals surface area contributed by atoms with Crippen molar-refractivity contribution in [2.75, 3.05) is 26.2 Å². The lowest BCUT2D eigenvalue weighted by molar-refractivity contribution is -0.131. The van der Waals surface area contributed by atoms with Crippen molar-refractivity contribution in [1.29, 1.82) is 0 Å². The lowest BCUT2D eigenvalue weighted by atomic mass is 10.00. The molecule has 1 aliphatic heterocycles. The summed E-state index contributed by atoms with van der Waals surface area (Å²) in [5.74, 6) is 1.23. The molecule has 0 bridgehead atoms. The summed E-state index contributed by atoms with van der Waals surface area (Å²) < 4.78 is 0. The monoisotopic (exact) mass is 254 g/mol. The van der Waals surface area contributed by atoms with Crippen LogP contribution in [0.1, 0.15) is 58.8 Å². The number of nitrogens with one attached hydrogen (secondary N) is 1. The first-order valence-electron chi connectivity index (χ1n) is 7.72. The average molecular weight is 254 g/mol. The number of carbonyl (C=O) groups is 1. The molecule has 0 aromatic rings. The van der Waals surface area contributed by atoms with Gasteiger partial charge in [0, 0.05) is 32.6 Å². The fraction of sp³-hybridized carbons (Fsp3) is 0.933. The predicted molar refractivity (Wildman–Crippen MR) is 76.6 cm³/mol. The Balaban J connectivity index is 1.95. The highest BCUT2D eigenvalue weighted by atomic mass is 16.2. The molecular weight excluding hydrogens is 224 g/mol. The van der Waals surface area contributed by atoms with E-state index in [1.54, 1.807) is 0 Å². The predicted octanol–water partition coefficient (Wildman–Crippen LogP) is 2.80. The van der Waals surface area contributed by atoms with Crippen molar-refractivity contribution in [1.82, 2.24) is 10.2 Å². The van der Waals surface area contributed by atoms with Crippen LogP contribution < -0.4 is 5.32 Å². The number of unbranched alkanes of at least 4 members (excludes halogenated alkanes) is 3. The van der Waals surface area contributed by atoms with Gasteiger partial charge in [0.2, 0.25) is 5.91 Å². The summed E-state index contributed by atoms with van der Waals surface area (Å²) in [6.45, 7) is 8.30. The van der Waals surface area contributed by atoms with Gasteiger partial charge in [-0.1, -0.05) is 46.0 Å². The van der Waals surface area contributed by atoms with E-state index in [4.69, 9.17) is 0 Å². The highest BCUT2D eigenvalue weighted by molar-refractivity contribution is 5.76. The Kier molecular flexibility index (Phi) is 8.06. The van der Waals surface area contributed by atoms with Crippen molar-refractivity contribution >= 4 is 5.91 Å². The number of rotatable bonds is 8. The summed E-state index contributed by atoms with van der Waals surface area (Å²) in [6.07, 6.45) is 8.31. The quantitative estimate of drug-likeness (QED) is 0.676. The van der Waals surface area contributed by atoms with E-state index in [2.05, 4.69) is 19.2 Å². The van der Waals surface area contributed by atoms with E-state index in [0.717, 1.165) is 44.9 Å². The Morgan fingerprint density at radius 3 is 2.50 bits per heavy atom. The van der Waals surface area contributed by atoms with Crippen LogP contribution in [0.15, 0.2) is 0 Å². The number of amides is 1. The van der Waals surface area contributed by atoms with Gasteiger partial charge in [-0.2, -0.15) is 0 Å². The van der Waals surface area contributed by atoms with E-state index in [0.29, 0.717) is 5.91 Å². The van der Waals surface area contributed by atoms with Crippen molar-refractivity contribution in [3.63, 3.8) is 0 Å². The third-order valence-electron chi connectivity index (χ3n) is 4.00. The summed E-state index contributed by atoms with van der Waals surface area (Å²) in [4.78, 5) is 13.9. The zero-order valence-electron chi connectivity index (χ0n) is 12.2. The molecular formula is C15H30N2O. The maximum atomic E-state index is 11.9. The minimum Gasteiger partial charge on any atom is -0.340 e. The topological polar surface area (TPSA) is 32.3 Å². The van der Waals surface area contributed by atoms with E-state index >= 15 is 0 Å². The highest BCUT2D eigenvalue weighted by Gasteiger charge is 2.14. The normalized spacial score (nSPS) is 17.8. The molecule has 1 amide bonds. The first-order valence-corrected chi connectivity index (χ1v) is 7.72. The SMILES string of the molecule is CCC(C)CCCCCCC(=O)N1CCNCC1. The maximum Gasteiger partial charge on any atom is 0.222 e. The van der Waals surface area contributed by atoms with Gasteiger partial charge in [-0.25, -0.2) is 0 Å². The number of nitrogens with zero attached hydrogens (tertiary/aromatic N) is 1. The molecule has 0 spiro atoms. The molecule has 1 N–H and O–H groups in total. The van der Waals surface area contributed by atoms with E-state index in [9.17, 15) is 4.79 Å². The van der Waals surface area contributed by atoms with Gasteiger partial charge in [0.1, 0.15) is 0 Å². The van der Waals surface area contributed by atoms with Gasteiger partial charge < -0.3 is 10.2 Å². The standard InChI is InChI=1S/C15H30N2O/c1-3-14(2)8-6-4-5-7-9-15(18)17-12-10-16-11-13-17/h14,16H,3-13H2,1-2H3. The van der Waals surface area contributed by atoms with E-state index in [-0.39, 0.29) is 0 Å². The Hall–Kier alpha value is -0.570. The summed E-state index contributed by atoms with van der Waals surface area (Å²) in [5.41, 5.74) is 0. The van der Waals surface area contributed by atoms with Crippen LogP contribution in [-0.4, -0.2) is 37.0 Å². The van der Waals surface area contributed by atoms with Crippen molar-refractivity contribution in [3.05, 3.63) is 0 Å². The highest BCUT2D eigenvalue weighted by Crippen LogP contribution is 2.14. The molecule has 1 aliphatic rings. The lowest BCUT2D eigenvalue weighted by Gasteiger charge is -2.27. The molecule has 3 heteroatoms. The lowest BCUT2D eigenvalue weighted by Crippen LogP contribution is -2.46. The zero-order valence-corrected chi connectivity index (χ0v) is 12.2. The molecule has 18 heavy (non-hydrogen) atoms. The molecule has 0 saturated carbocycles. The van der Waals surface area contributed by atoms with Gasteiger partial charge in [0.05, 0.1) is 0 Å². The Bertz CT molecular complexity index is 225. The number of hydrogen-bond acceptors (Lipinski definition) is 2. The molecule has 1 fully saturated rings. The second kappa shape index (κ2) is 9.37. The van der Waals surface area contributed by atoms with Crippen LogP contribution in [0.25, 0.3) is 0 Å². The van der Waals surface area contributed by atoms with E-state index in [1.165, 1.54) is 32.1 Å². The van der Waals surface area contributed by atoms with Gasteiger partial charge in [-0.3, -0.25) is 4.79 Å². The molecule has 1 saturated heterocycles. The molecule has 3 nitrogen and oxygen atoms in total. The number of piperazine rings is 1. The van der Waals surface area contributed by atoms with Crippen molar-refractivity contribution in [2.45, 2.75) is 58.8 Å². The van der Waals surface area contributed by atoms with Crippen LogP contribution in [0.3, 0.4) is 0 Å². The van der Waals surface area contributed by atoms with Crippen LogP contribution in [0, 0.1) is 5.92 Å². The van der Waals surface area contributed by atoms with Crippen molar-refractivity contribution in [2.24, 2.45) is 5.92 Å². The zero-order chi connectivity index (χ0) is 13.2. The summed E-state index contributed by atoms with van der Waals surface area (Å²) >= 11 is 0. The fourth-order valence-corrected chi connectivity index (χ4v) is 2.40. The van der Waals surface area contributed by atoms with Gasteiger partial charge in [-0.05, 0) is 12.3 Å². The molecule has 1 unspecified atom stereocenters. The smallest absolute Gasteiger partial charge is 0.222 e. The van der Waals surface area contributed by atoms with Crippen LogP contribution in [0.2, 0.25) is 0 Å². The Morgan fingerprint density at radius 1 is 1.17 bits per heavy atom. The van der Waals surface area contributed by atoms with Gasteiger partial charge in [-0.15, -0.1) is 0 Å². The third-order valence-corrected chi connectivity index (χ3v) is 4.00. The van der Waals surface area contributed by atoms with Crippen LogP contribution >= 0.6 is 0 Å². The van der Waals surface area contributed by atoms with Crippen LogP contribution in [-0.2, 0) is 4.79 Å². The maximum absolute atomic E-state index is 11.9. The molecule has 0 aliphatic carbocycles. The first-order chi connectivity index (χ1) is 8.74. The molecule has 106 valence electrons. The molecule has 1 atom stereocenters. The summed E-state index contributed by atoms with van der Waals surface area (Å²) in [6, 6.07) is 0. The number of carbonyl (C=O) groups excluding carboxylic acids is 1. The number of hydrogen-bond donors (Lipinski definition) is 1. The van der Waals surface area contributed by atoms with E-state index < -0.39 is 0 Å². The van der Waals surface area contributed by atoms with Gasteiger partial charge in [0.25, 0.3) is 0 Å². The second-order valence-corrected chi connectivity index (χ2v) is 5.60. The minimum absolute atomic E-state index is 0.360. The van der Waals surface area contributed by atoms with Crippen LogP contribution in [0.5, 0.6) is 0 Å². The summed E-state index contributed by atoms with van der Waals surface area (Å²) in [5, 5.41) is 3.28. The van der Waals surface area contributed by atoms with Gasteiger partial charge >= 0.3 is 0 Å². The fourth-order valence-electron chi connectivity index (χ4n) is 2.40. The molecule has 0 aromatic heterocycles. The summed E-state index contributed by atoms with van der Waals surface area (Å²) in [7, 11) is 0. The van der Waals surface area contributed by atoms with Gasteiger partial charge in [0.15, 0.2) is 0 Å². The van der Waals surface area contributed by atoms with Crippen molar-refractivity contribution in [3.8, 4) is 0 Å². The minimum atomic E-state index is 0.360. The van der Waals surface area contributed by atoms with E-state index in [1.807, 2.05) is 4.90 Å².